The molecule has 2 N–H and O–H groups in total. The molecule has 2 aromatic rings. The van der Waals surface area contributed by atoms with Crippen molar-refractivity contribution in [2.24, 2.45) is 0 Å². The van der Waals surface area contributed by atoms with Crippen LogP contribution >= 0.6 is 11.6 Å². The Bertz CT molecular complexity index is 676. The van der Waals surface area contributed by atoms with Crippen LogP contribution in [-0.2, 0) is 9.59 Å². The van der Waals surface area contributed by atoms with E-state index in [-0.39, 0.29) is 0 Å². The van der Waals surface area contributed by atoms with Crippen LogP contribution in [0.5, 0.6) is 0 Å². The number of rotatable bonds is 4. The quantitative estimate of drug-likeness (QED) is 0.848. The highest BCUT2D eigenvalue weighted by Crippen LogP contribution is 2.23. The molecule has 0 fully saturated rings. The highest BCUT2D eigenvalue weighted by atomic mass is 35.5. The lowest BCUT2D eigenvalue weighted by molar-refractivity contribution is -0.131. The van der Waals surface area contributed by atoms with E-state index in [0.717, 1.165) is 23.3 Å². The second kappa shape index (κ2) is 6.72. The minimum atomic E-state index is -1.16. The standard InChI is InChI=1S/C16H12ClNO3/c17-13-5-1-11(2-6-13)12-3-7-14(8-4-12)18-15(19)9-10-16(20)21/h1-10H,(H,18,19)(H,20,21)/b10-9-. The summed E-state index contributed by atoms with van der Waals surface area (Å²) in [6.07, 6.45) is 1.76. The third-order valence-electron chi connectivity index (χ3n) is 2.71. The second-order valence-electron chi connectivity index (χ2n) is 4.25. The summed E-state index contributed by atoms with van der Waals surface area (Å²) in [5, 5.41) is 11.7. The van der Waals surface area contributed by atoms with E-state index in [1.807, 2.05) is 36.4 Å². The van der Waals surface area contributed by atoms with Crippen molar-refractivity contribution in [1.82, 2.24) is 0 Å². The topological polar surface area (TPSA) is 66.4 Å². The average Bonchev–Trinajstić information content (AvgIpc) is 2.47. The first kappa shape index (κ1) is 14.8. The largest absolute Gasteiger partial charge is 0.478 e. The van der Waals surface area contributed by atoms with Crippen molar-refractivity contribution in [2.75, 3.05) is 5.32 Å². The predicted octanol–water partition coefficient (Wildman–Crippen LogP) is 3.59. The Balaban J connectivity index is 2.07. The zero-order valence-corrected chi connectivity index (χ0v) is 11.7. The van der Waals surface area contributed by atoms with Gasteiger partial charge in [-0.15, -0.1) is 0 Å². The fourth-order valence-corrected chi connectivity index (χ4v) is 1.85. The van der Waals surface area contributed by atoms with Gasteiger partial charge in [-0.3, -0.25) is 4.79 Å². The summed E-state index contributed by atoms with van der Waals surface area (Å²) >= 11 is 5.84. The van der Waals surface area contributed by atoms with Gasteiger partial charge in [0.1, 0.15) is 0 Å². The number of carboxylic acids is 1. The molecule has 2 rings (SSSR count). The van der Waals surface area contributed by atoms with Crippen LogP contribution < -0.4 is 5.32 Å². The van der Waals surface area contributed by atoms with Gasteiger partial charge in [0.25, 0.3) is 0 Å². The maximum Gasteiger partial charge on any atom is 0.328 e. The number of anilines is 1. The Labute approximate surface area is 126 Å². The van der Waals surface area contributed by atoms with Gasteiger partial charge in [0.05, 0.1) is 0 Å². The van der Waals surface area contributed by atoms with Crippen molar-refractivity contribution in [3.05, 3.63) is 65.7 Å². The van der Waals surface area contributed by atoms with Crippen molar-refractivity contribution in [3.8, 4) is 11.1 Å². The number of nitrogens with one attached hydrogen (secondary N) is 1. The zero-order valence-electron chi connectivity index (χ0n) is 10.9. The highest BCUT2D eigenvalue weighted by Gasteiger charge is 2.01. The summed E-state index contributed by atoms with van der Waals surface area (Å²) in [4.78, 5) is 21.7. The average molecular weight is 302 g/mol. The fraction of sp³-hybridized carbons (Fsp3) is 0. The summed E-state index contributed by atoms with van der Waals surface area (Å²) in [5.74, 6) is -1.65. The van der Waals surface area contributed by atoms with Crippen LogP contribution in [0.15, 0.2) is 60.7 Å². The predicted molar refractivity (Wildman–Crippen MR) is 82.3 cm³/mol. The van der Waals surface area contributed by atoms with E-state index in [0.29, 0.717) is 10.7 Å². The van der Waals surface area contributed by atoms with Gasteiger partial charge in [-0.1, -0.05) is 35.9 Å². The van der Waals surface area contributed by atoms with E-state index in [2.05, 4.69) is 5.32 Å². The van der Waals surface area contributed by atoms with Crippen LogP contribution in [0.1, 0.15) is 0 Å². The molecule has 21 heavy (non-hydrogen) atoms. The van der Waals surface area contributed by atoms with Gasteiger partial charge >= 0.3 is 5.97 Å². The van der Waals surface area contributed by atoms with Crippen LogP contribution in [0.2, 0.25) is 5.02 Å². The molecule has 5 heteroatoms. The van der Waals surface area contributed by atoms with Crippen molar-refractivity contribution in [2.45, 2.75) is 0 Å². The number of carbonyl (C=O) groups is 2. The number of benzene rings is 2. The lowest BCUT2D eigenvalue weighted by atomic mass is 10.1. The number of carboxylic acid groups (broad SMARTS) is 1. The molecule has 0 bridgehead atoms. The van der Waals surface area contributed by atoms with Crippen molar-refractivity contribution in [1.29, 1.82) is 0 Å². The SMILES string of the molecule is O=C(O)/C=C\C(=O)Nc1ccc(-c2ccc(Cl)cc2)cc1. The highest BCUT2D eigenvalue weighted by molar-refractivity contribution is 6.30. The number of amides is 1. The third kappa shape index (κ3) is 4.47. The molecule has 0 unspecified atom stereocenters. The van der Waals surface area contributed by atoms with Crippen LogP contribution in [-0.4, -0.2) is 17.0 Å². The van der Waals surface area contributed by atoms with E-state index < -0.39 is 11.9 Å². The van der Waals surface area contributed by atoms with Crippen LogP contribution in [0.3, 0.4) is 0 Å². The first-order chi connectivity index (χ1) is 10.0. The molecule has 0 aliphatic rings. The lowest BCUT2D eigenvalue weighted by Crippen LogP contribution is -2.08. The van der Waals surface area contributed by atoms with E-state index in [1.165, 1.54) is 0 Å². The van der Waals surface area contributed by atoms with E-state index >= 15 is 0 Å². The molecule has 4 nitrogen and oxygen atoms in total. The Hall–Kier alpha value is -2.59. The molecule has 106 valence electrons. The van der Waals surface area contributed by atoms with Gasteiger partial charge < -0.3 is 10.4 Å². The first-order valence-corrected chi connectivity index (χ1v) is 6.50. The monoisotopic (exact) mass is 301 g/mol. The number of hydrogen-bond donors (Lipinski definition) is 2. The molecule has 1 amide bonds. The van der Waals surface area contributed by atoms with Gasteiger partial charge in [-0.05, 0) is 35.4 Å². The van der Waals surface area contributed by atoms with E-state index in [1.54, 1.807) is 12.1 Å². The Kier molecular flexibility index (Phi) is 4.74. The summed E-state index contributed by atoms with van der Waals surface area (Å²) in [6.45, 7) is 0. The molecular weight excluding hydrogens is 290 g/mol. The number of carbonyl (C=O) groups excluding carboxylic acids is 1. The zero-order chi connectivity index (χ0) is 15.2. The molecule has 2 aromatic carbocycles. The first-order valence-electron chi connectivity index (χ1n) is 6.12. The van der Waals surface area contributed by atoms with Crippen LogP contribution in [0.4, 0.5) is 5.69 Å². The maximum absolute atomic E-state index is 11.4. The molecule has 0 aromatic heterocycles. The van der Waals surface area contributed by atoms with Gasteiger partial charge in [-0.25, -0.2) is 4.79 Å². The Morgan fingerprint density at radius 3 is 1.95 bits per heavy atom. The molecule has 0 saturated carbocycles. The summed E-state index contributed by atoms with van der Waals surface area (Å²) in [7, 11) is 0. The third-order valence-corrected chi connectivity index (χ3v) is 2.96. The van der Waals surface area contributed by atoms with Gasteiger partial charge in [0.2, 0.25) is 5.91 Å². The number of aliphatic carboxylic acids is 1. The minimum absolute atomic E-state index is 0.489. The van der Waals surface area contributed by atoms with E-state index in [9.17, 15) is 9.59 Å². The number of hydrogen-bond acceptors (Lipinski definition) is 2. The van der Waals surface area contributed by atoms with Crippen molar-refractivity contribution in [3.63, 3.8) is 0 Å². The van der Waals surface area contributed by atoms with Gasteiger partial charge in [-0.2, -0.15) is 0 Å². The lowest BCUT2D eigenvalue weighted by Gasteiger charge is -2.05. The molecule has 0 heterocycles. The summed E-state index contributed by atoms with van der Waals surface area (Å²) in [5.41, 5.74) is 2.60. The van der Waals surface area contributed by atoms with Crippen molar-refractivity contribution < 1.29 is 14.7 Å². The van der Waals surface area contributed by atoms with Crippen LogP contribution in [0, 0.1) is 0 Å². The van der Waals surface area contributed by atoms with Crippen LogP contribution in [0.25, 0.3) is 11.1 Å². The second-order valence-corrected chi connectivity index (χ2v) is 4.68. The van der Waals surface area contributed by atoms with E-state index in [4.69, 9.17) is 16.7 Å². The van der Waals surface area contributed by atoms with Gasteiger partial charge in [0.15, 0.2) is 0 Å². The van der Waals surface area contributed by atoms with Gasteiger partial charge in [0, 0.05) is 22.9 Å². The maximum atomic E-state index is 11.4. The van der Waals surface area contributed by atoms with Crippen molar-refractivity contribution >= 4 is 29.2 Å². The normalized spacial score (nSPS) is 10.5. The minimum Gasteiger partial charge on any atom is -0.478 e. The Morgan fingerprint density at radius 1 is 0.905 bits per heavy atom. The molecule has 0 radical (unpaired) electrons. The number of halogens is 1. The molecular formula is C16H12ClNO3. The smallest absolute Gasteiger partial charge is 0.328 e. The summed E-state index contributed by atoms with van der Waals surface area (Å²) < 4.78 is 0. The Morgan fingerprint density at radius 2 is 1.43 bits per heavy atom. The molecule has 0 spiro atoms. The molecule has 0 aliphatic heterocycles. The molecule has 0 saturated heterocycles. The molecule has 0 aliphatic carbocycles. The summed E-state index contributed by atoms with van der Waals surface area (Å²) in [6, 6.07) is 14.6. The molecule has 0 atom stereocenters. The fourth-order valence-electron chi connectivity index (χ4n) is 1.72.